The first-order valence-corrected chi connectivity index (χ1v) is 8.43. The van der Waals surface area contributed by atoms with Crippen LogP contribution in [0.3, 0.4) is 0 Å². The lowest BCUT2D eigenvalue weighted by molar-refractivity contribution is 0.0984. The summed E-state index contributed by atoms with van der Waals surface area (Å²) in [6, 6.07) is 3.17. The van der Waals surface area contributed by atoms with Crippen LogP contribution in [-0.2, 0) is 4.74 Å². The van der Waals surface area contributed by atoms with Crippen LogP contribution in [0.5, 0.6) is 0 Å². The fourth-order valence-corrected chi connectivity index (χ4v) is 3.73. The molecule has 2 amide bonds. The molecule has 2 aliphatic rings. The molecular weight excluding hydrogens is 329 g/mol. The lowest BCUT2D eigenvalue weighted by Gasteiger charge is -2.20. The average Bonchev–Trinajstić information content (AvgIpc) is 3.08. The number of amides is 2. The lowest BCUT2D eigenvalue weighted by atomic mass is 9.96. The number of benzene rings is 1. The molecule has 1 aromatic carbocycles. The van der Waals surface area contributed by atoms with Gasteiger partial charge in [0.15, 0.2) is 0 Å². The van der Waals surface area contributed by atoms with E-state index in [9.17, 15) is 18.0 Å². The summed E-state index contributed by atoms with van der Waals surface area (Å²) < 4.78 is 43.7. The van der Waals surface area contributed by atoms with E-state index >= 15 is 0 Å². The van der Waals surface area contributed by atoms with Gasteiger partial charge in [-0.2, -0.15) is 0 Å². The van der Waals surface area contributed by atoms with Gasteiger partial charge in [-0.3, -0.25) is 0 Å². The van der Waals surface area contributed by atoms with E-state index in [1.54, 1.807) is 0 Å². The topological polar surface area (TPSA) is 50.4 Å². The maximum absolute atomic E-state index is 13.4. The highest BCUT2D eigenvalue weighted by molar-refractivity contribution is 7.99. The van der Waals surface area contributed by atoms with Crippen molar-refractivity contribution in [2.24, 2.45) is 0 Å². The van der Waals surface area contributed by atoms with Crippen LogP contribution in [0.15, 0.2) is 23.1 Å². The second-order valence-corrected chi connectivity index (χ2v) is 6.72. The van der Waals surface area contributed by atoms with Crippen LogP contribution in [0.2, 0.25) is 0 Å². The first-order chi connectivity index (χ1) is 11.0. The van der Waals surface area contributed by atoms with Crippen molar-refractivity contribution in [1.29, 1.82) is 0 Å². The number of hydrogen-bond donors (Lipinski definition) is 2. The third kappa shape index (κ3) is 4.11. The Labute approximate surface area is 136 Å². The molecule has 23 heavy (non-hydrogen) atoms. The molecule has 3 rings (SSSR count). The van der Waals surface area contributed by atoms with Gasteiger partial charge in [0, 0.05) is 4.90 Å². The molecule has 126 valence electrons. The number of hydrogen-bond acceptors (Lipinski definition) is 3. The van der Waals surface area contributed by atoms with Crippen molar-refractivity contribution in [3.05, 3.63) is 24.0 Å². The number of halogens is 3. The predicted molar refractivity (Wildman–Crippen MR) is 81.6 cm³/mol. The maximum Gasteiger partial charge on any atom is 0.319 e. The fourth-order valence-electron chi connectivity index (χ4n) is 3.00. The Balaban J connectivity index is 1.61. The maximum atomic E-state index is 13.4. The van der Waals surface area contributed by atoms with E-state index in [1.807, 2.05) is 0 Å². The van der Waals surface area contributed by atoms with Gasteiger partial charge in [-0.25, -0.2) is 18.0 Å². The predicted octanol–water partition coefficient (Wildman–Crippen LogP) is 3.62. The van der Waals surface area contributed by atoms with Crippen LogP contribution in [0.4, 0.5) is 23.7 Å². The van der Waals surface area contributed by atoms with Crippen molar-refractivity contribution < 1.29 is 22.7 Å². The molecule has 2 bridgehead atoms. The van der Waals surface area contributed by atoms with Crippen molar-refractivity contribution in [3.63, 3.8) is 0 Å². The Morgan fingerprint density at radius 2 is 2.22 bits per heavy atom. The van der Waals surface area contributed by atoms with Crippen molar-refractivity contribution in [2.75, 3.05) is 11.1 Å². The molecule has 0 aliphatic carbocycles. The van der Waals surface area contributed by atoms with Gasteiger partial charge in [0.1, 0.15) is 5.82 Å². The summed E-state index contributed by atoms with van der Waals surface area (Å²) in [5.41, 5.74) is 0.192. The second kappa shape index (κ2) is 7.00. The molecule has 2 aliphatic heterocycles. The largest absolute Gasteiger partial charge is 0.373 e. The summed E-state index contributed by atoms with van der Waals surface area (Å²) in [4.78, 5) is 12.5. The molecule has 0 aromatic heterocycles. The first kappa shape index (κ1) is 16.4. The molecule has 2 saturated heterocycles. The summed E-state index contributed by atoms with van der Waals surface area (Å²) in [5, 5.41) is 5.37. The Bertz CT molecular complexity index is 588. The molecule has 2 N–H and O–H groups in total. The minimum absolute atomic E-state index is 0.0333. The zero-order valence-electron chi connectivity index (χ0n) is 12.2. The van der Waals surface area contributed by atoms with Gasteiger partial charge in [0.2, 0.25) is 6.43 Å². The molecule has 3 atom stereocenters. The first-order valence-electron chi connectivity index (χ1n) is 7.45. The van der Waals surface area contributed by atoms with Crippen LogP contribution in [0.1, 0.15) is 19.3 Å². The SMILES string of the molecule is O=C(Nc1cc(F)ccc1SCC(F)F)NC1CC2CCC1O2. The summed E-state index contributed by atoms with van der Waals surface area (Å²) in [6.45, 7) is 0. The number of rotatable bonds is 5. The van der Waals surface area contributed by atoms with E-state index in [-0.39, 0.29) is 23.9 Å². The minimum atomic E-state index is -2.47. The van der Waals surface area contributed by atoms with E-state index in [1.165, 1.54) is 12.1 Å². The van der Waals surface area contributed by atoms with E-state index < -0.39 is 24.0 Å². The normalized spacial score (nSPS) is 25.8. The molecule has 2 heterocycles. The van der Waals surface area contributed by atoms with Crippen LogP contribution in [0, 0.1) is 5.82 Å². The Hall–Kier alpha value is -1.41. The average molecular weight is 346 g/mol. The van der Waals surface area contributed by atoms with Crippen molar-refractivity contribution in [1.82, 2.24) is 5.32 Å². The molecule has 0 saturated carbocycles. The fraction of sp³-hybridized carbons (Fsp3) is 0.533. The zero-order valence-corrected chi connectivity index (χ0v) is 13.0. The quantitative estimate of drug-likeness (QED) is 0.801. The summed E-state index contributed by atoms with van der Waals surface area (Å²) >= 11 is 0.877. The van der Waals surface area contributed by atoms with Gasteiger partial charge in [-0.1, -0.05) is 0 Å². The monoisotopic (exact) mass is 346 g/mol. The molecule has 0 radical (unpaired) electrons. The second-order valence-electron chi connectivity index (χ2n) is 5.66. The van der Waals surface area contributed by atoms with Crippen LogP contribution < -0.4 is 10.6 Å². The number of anilines is 1. The zero-order chi connectivity index (χ0) is 16.4. The summed E-state index contributed by atoms with van der Waals surface area (Å²) in [7, 11) is 0. The number of carbonyl (C=O) groups is 1. The molecule has 4 nitrogen and oxygen atoms in total. The van der Waals surface area contributed by atoms with E-state index in [0.717, 1.165) is 37.1 Å². The van der Waals surface area contributed by atoms with Gasteiger partial charge in [0.05, 0.1) is 29.7 Å². The van der Waals surface area contributed by atoms with Gasteiger partial charge >= 0.3 is 6.03 Å². The van der Waals surface area contributed by atoms with Gasteiger partial charge in [0.25, 0.3) is 0 Å². The minimum Gasteiger partial charge on any atom is -0.373 e. The molecular formula is C15H17F3N2O2S. The van der Waals surface area contributed by atoms with E-state index in [0.29, 0.717) is 4.90 Å². The molecule has 3 unspecified atom stereocenters. The number of thioether (sulfide) groups is 1. The van der Waals surface area contributed by atoms with E-state index in [2.05, 4.69) is 10.6 Å². The smallest absolute Gasteiger partial charge is 0.319 e. The number of carbonyl (C=O) groups excluding carboxylic acids is 1. The Kier molecular flexibility index (Phi) is 5.01. The van der Waals surface area contributed by atoms with Crippen LogP contribution in [0.25, 0.3) is 0 Å². The van der Waals surface area contributed by atoms with Crippen LogP contribution in [-0.4, -0.2) is 36.5 Å². The molecule has 2 fully saturated rings. The Morgan fingerprint density at radius 3 is 2.87 bits per heavy atom. The highest BCUT2D eigenvalue weighted by atomic mass is 32.2. The Morgan fingerprint density at radius 1 is 1.39 bits per heavy atom. The highest BCUT2D eigenvalue weighted by Crippen LogP contribution is 2.34. The lowest BCUT2D eigenvalue weighted by Crippen LogP contribution is -2.43. The van der Waals surface area contributed by atoms with Crippen molar-refractivity contribution in [2.45, 2.75) is 48.8 Å². The van der Waals surface area contributed by atoms with E-state index in [4.69, 9.17) is 4.74 Å². The highest BCUT2D eigenvalue weighted by Gasteiger charge is 2.41. The number of urea groups is 1. The van der Waals surface area contributed by atoms with Crippen molar-refractivity contribution in [3.8, 4) is 0 Å². The van der Waals surface area contributed by atoms with Gasteiger partial charge in [-0.15, -0.1) is 11.8 Å². The molecule has 8 heteroatoms. The number of fused-ring (bicyclic) bond motifs is 2. The summed E-state index contributed by atoms with van der Waals surface area (Å²) in [6.07, 6.45) is 0.475. The number of nitrogens with one attached hydrogen (secondary N) is 2. The molecule has 0 spiro atoms. The third-order valence-electron chi connectivity index (χ3n) is 3.98. The van der Waals surface area contributed by atoms with Crippen molar-refractivity contribution >= 4 is 23.5 Å². The van der Waals surface area contributed by atoms with Gasteiger partial charge < -0.3 is 15.4 Å². The van der Waals surface area contributed by atoms with Crippen LogP contribution >= 0.6 is 11.8 Å². The number of ether oxygens (including phenoxy) is 1. The van der Waals surface area contributed by atoms with Gasteiger partial charge in [-0.05, 0) is 37.5 Å². The number of alkyl halides is 2. The summed E-state index contributed by atoms with van der Waals surface area (Å²) in [5.74, 6) is -0.952. The standard InChI is InChI=1S/C15H17F3N2O2S/c16-8-1-4-13(23-7-14(17)18)11(5-8)20-15(21)19-10-6-9-2-3-12(10)22-9/h1,4-5,9-10,12,14H,2-3,6-7H2,(H2,19,20,21). The molecule has 1 aromatic rings. The third-order valence-corrected chi connectivity index (χ3v) is 5.06.